The van der Waals surface area contributed by atoms with E-state index in [4.69, 9.17) is 0 Å². The highest BCUT2D eigenvalue weighted by atomic mass is 19.1. The molecule has 0 aromatic carbocycles. The lowest BCUT2D eigenvalue weighted by atomic mass is 10.1. The van der Waals surface area contributed by atoms with E-state index in [1.807, 2.05) is 6.07 Å². The second-order valence-electron chi connectivity index (χ2n) is 6.42. The summed E-state index contributed by atoms with van der Waals surface area (Å²) >= 11 is 0. The summed E-state index contributed by atoms with van der Waals surface area (Å²) in [6.45, 7) is 5.50. The Morgan fingerprint density at radius 3 is 2.68 bits per heavy atom. The summed E-state index contributed by atoms with van der Waals surface area (Å²) in [6, 6.07) is 3.32. The third-order valence-electron chi connectivity index (χ3n) is 4.27. The van der Waals surface area contributed by atoms with Crippen molar-refractivity contribution in [1.82, 2.24) is 25.0 Å². The van der Waals surface area contributed by atoms with Crippen LogP contribution in [0.4, 0.5) is 15.9 Å². The highest BCUT2D eigenvalue weighted by Gasteiger charge is 2.12. The number of hydrogen-bond donors (Lipinski definition) is 1. The molecule has 0 bridgehead atoms. The second kappa shape index (κ2) is 9.09. The Morgan fingerprint density at radius 2 is 1.96 bits per heavy atom. The molecule has 28 heavy (non-hydrogen) atoms. The first-order chi connectivity index (χ1) is 13.6. The van der Waals surface area contributed by atoms with Gasteiger partial charge in [-0.1, -0.05) is 25.7 Å². The molecule has 0 atom stereocenters. The van der Waals surface area contributed by atoms with Crippen LogP contribution in [-0.2, 0) is 6.42 Å². The fourth-order valence-electron chi connectivity index (χ4n) is 2.84. The molecule has 3 rings (SSSR count). The monoisotopic (exact) mass is 378 g/mol. The maximum Gasteiger partial charge on any atom is 0.146 e. The fraction of sp³-hybridized carbons (Fsp3) is 0.333. The SMILES string of the molecule is CC#Cc1cc(F)c(C)nc1Nc1cnc(CCCCC)c(-n2nccn2)c1. The van der Waals surface area contributed by atoms with E-state index in [0.717, 1.165) is 37.1 Å². The van der Waals surface area contributed by atoms with Gasteiger partial charge in [-0.3, -0.25) is 4.98 Å². The normalized spacial score (nSPS) is 10.4. The molecule has 3 aromatic rings. The molecule has 0 saturated carbocycles. The maximum absolute atomic E-state index is 13.9. The molecule has 0 aliphatic carbocycles. The summed E-state index contributed by atoms with van der Waals surface area (Å²) in [7, 11) is 0. The van der Waals surface area contributed by atoms with Crippen molar-refractivity contribution in [2.75, 3.05) is 5.32 Å². The summed E-state index contributed by atoms with van der Waals surface area (Å²) in [5, 5.41) is 11.7. The first-order valence-corrected chi connectivity index (χ1v) is 9.35. The second-order valence-corrected chi connectivity index (χ2v) is 6.42. The number of anilines is 2. The van der Waals surface area contributed by atoms with Crippen LogP contribution in [0.15, 0.2) is 30.7 Å². The molecule has 0 aliphatic rings. The maximum atomic E-state index is 13.9. The Hall–Kier alpha value is -3.27. The lowest BCUT2D eigenvalue weighted by molar-refractivity contribution is 0.610. The predicted octanol–water partition coefficient (Wildman–Crippen LogP) is 4.35. The summed E-state index contributed by atoms with van der Waals surface area (Å²) in [5.74, 6) is 5.79. The Labute approximate surface area is 164 Å². The summed E-state index contributed by atoms with van der Waals surface area (Å²) in [6.07, 6.45) is 9.21. The van der Waals surface area contributed by atoms with Gasteiger partial charge in [-0.25, -0.2) is 9.37 Å². The van der Waals surface area contributed by atoms with Crippen molar-refractivity contribution in [2.45, 2.75) is 46.5 Å². The lowest BCUT2D eigenvalue weighted by Crippen LogP contribution is -2.08. The van der Waals surface area contributed by atoms with Gasteiger partial charge in [-0.15, -0.1) is 10.7 Å². The van der Waals surface area contributed by atoms with Crippen LogP contribution in [0.1, 0.15) is 50.1 Å². The molecule has 144 valence electrons. The summed E-state index contributed by atoms with van der Waals surface area (Å²) in [4.78, 5) is 10.5. The number of aryl methyl sites for hydroxylation is 2. The first kappa shape index (κ1) is 19.5. The smallest absolute Gasteiger partial charge is 0.146 e. The van der Waals surface area contributed by atoms with Gasteiger partial charge in [0, 0.05) is 0 Å². The van der Waals surface area contributed by atoms with E-state index < -0.39 is 0 Å². The molecule has 0 radical (unpaired) electrons. The zero-order valence-electron chi connectivity index (χ0n) is 16.3. The van der Waals surface area contributed by atoms with E-state index in [-0.39, 0.29) is 5.82 Å². The quantitative estimate of drug-likeness (QED) is 0.489. The number of nitrogens with zero attached hydrogens (tertiary/aromatic N) is 5. The van der Waals surface area contributed by atoms with Crippen molar-refractivity contribution in [1.29, 1.82) is 0 Å². The minimum atomic E-state index is -0.380. The number of hydrogen-bond acceptors (Lipinski definition) is 5. The van der Waals surface area contributed by atoms with Crippen molar-refractivity contribution in [2.24, 2.45) is 0 Å². The third-order valence-corrected chi connectivity index (χ3v) is 4.27. The van der Waals surface area contributed by atoms with E-state index in [2.05, 4.69) is 44.2 Å². The van der Waals surface area contributed by atoms with Gasteiger partial charge < -0.3 is 5.32 Å². The highest BCUT2D eigenvalue weighted by Crippen LogP contribution is 2.24. The Kier molecular flexibility index (Phi) is 6.33. The van der Waals surface area contributed by atoms with Crippen molar-refractivity contribution in [3.8, 4) is 17.5 Å². The van der Waals surface area contributed by atoms with E-state index in [1.165, 1.54) is 6.07 Å². The molecule has 3 heterocycles. The molecule has 7 heteroatoms. The lowest BCUT2D eigenvalue weighted by Gasteiger charge is -2.13. The van der Waals surface area contributed by atoms with Crippen LogP contribution in [0.5, 0.6) is 0 Å². The average molecular weight is 378 g/mol. The van der Waals surface area contributed by atoms with Gasteiger partial charge in [0.2, 0.25) is 0 Å². The van der Waals surface area contributed by atoms with Gasteiger partial charge in [0.1, 0.15) is 17.3 Å². The van der Waals surface area contributed by atoms with Gasteiger partial charge in [0.15, 0.2) is 0 Å². The number of pyridine rings is 2. The number of nitrogens with one attached hydrogen (secondary N) is 1. The molecule has 0 unspecified atom stereocenters. The first-order valence-electron chi connectivity index (χ1n) is 9.35. The molecule has 0 fully saturated rings. The zero-order chi connectivity index (χ0) is 19.9. The van der Waals surface area contributed by atoms with Crippen LogP contribution < -0.4 is 5.32 Å². The molecule has 6 nitrogen and oxygen atoms in total. The largest absolute Gasteiger partial charge is 0.338 e. The highest BCUT2D eigenvalue weighted by molar-refractivity contribution is 5.65. The Morgan fingerprint density at radius 1 is 1.18 bits per heavy atom. The predicted molar refractivity (Wildman–Crippen MR) is 107 cm³/mol. The van der Waals surface area contributed by atoms with Crippen LogP contribution >= 0.6 is 0 Å². The van der Waals surface area contributed by atoms with E-state index in [1.54, 1.807) is 37.2 Å². The molecule has 0 spiro atoms. The van der Waals surface area contributed by atoms with Crippen molar-refractivity contribution < 1.29 is 4.39 Å². The van der Waals surface area contributed by atoms with Crippen molar-refractivity contribution in [3.63, 3.8) is 0 Å². The van der Waals surface area contributed by atoms with Gasteiger partial charge in [-0.05, 0) is 38.8 Å². The minimum Gasteiger partial charge on any atom is -0.338 e. The zero-order valence-corrected chi connectivity index (χ0v) is 16.3. The van der Waals surface area contributed by atoms with E-state index in [9.17, 15) is 4.39 Å². The van der Waals surface area contributed by atoms with Gasteiger partial charge in [-0.2, -0.15) is 10.2 Å². The molecule has 1 N–H and O–H groups in total. The Bertz CT molecular complexity index is 1000. The number of unbranched alkanes of at least 4 members (excludes halogenated alkanes) is 2. The molecule has 3 aromatic heterocycles. The van der Waals surface area contributed by atoms with Crippen molar-refractivity contribution >= 4 is 11.5 Å². The molecule has 0 amide bonds. The topological polar surface area (TPSA) is 68.5 Å². The Balaban J connectivity index is 1.96. The number of aromatic nitrogens is 5. The molecule has 0 aliphatic heterocycles. The summed E-state index contributed by atoms with van der Waals surface area (Å²) in [5.41, 5.74) is 3.27. The van der Waals surface area contributed by atoms with E-state index >= 15 is 0 Å². The number of rotatable bonds is 7. The molecule has 0 saturated heterocycles. The van der Waals surface area contributed by atoms with Crippen LogP contribution in [0.2, 0.25) is 0 Å². The molecular weight excluding hydrogens is 355 g/mol. The van der Waals surface area contributed by atoms with Gasteiger partial charge in [0.25, 0.3) is 0 Å². The van der Waals surface area contributed by atoms with Crippen LogP contribution in [0, 0.1) is 24.6 Å². The van der Waals surface area contributed by atoms with E-state index in [0.29, 0.717) is 22.8 Å². The van der Waals surface area contributed by atoms with Crippen LogP contribution in [-0.4, -0.2) is 25.0 Å². The van der Waals surface area contributed by atoms with Gasteiger partial charge >= 0.3 is 0 Å². The summed E-state index contributed by atoms with van der Waals surface area (Å²) < 4.78 is 13.9. The number of halogens is 1. The third kappa shape index (κ3) is 4.52. The standard InChI is InChI=1S/C21H23FN6/c1-4-6-7-9-19-20(28-24-10-11-25-28)13-17(14-23-19)27-21-16(8-5-2)12-18(22)15(3)26-21/h10-14H,4,6-7,9H2,1-3H3,(H,26,27). The van der Waals surface area contributed by atoms with Gasteiger partial charge in [0.05, 0.1) is 41.2 Å². The van der Waals surface area contributed by atoms with Crippen LogP contribution in [0.25, 0.3) is 5.69 Å². The minimum absolute atomic E-state index is 0.308. The van der Waals surface area contributed by atoms with Crippen LogP contribution in [0.3, 0.4) is 0 Å². The fourth-order valence-corrected chi connectivity index (χ4v) is 2.84. The van der Waals surface area contributed by atoms with Crippen molar-refractivity contribution in [3.05, 3.63) is 53.5 Å². The average Bonchev–Trinajstić information content (AvgIpc) is 3.22. The molecular formula is C21H23FN6.